The monoisotopic (exact) mass is 272 g/mol. The number of rotatable bonds is 5. The lowest BCUT2D eigenvalue weighted by molar-refractivity contribution is 0.0699. The van der Waals surface area contributed by atoms with Gasteiger partial charge in [-0.25, -0.2) is 9.78 Å². The highest BCUT2D eigenvalue weighted by Crippen LogP contribution is 2.41. The molecule has 1 aromatic heterocycles. The summed E-state index contributed by atoms with van der Waals surface area (Å²) in [7, 11) is 0. The van der Waals surface area contributed by atoms with E-state index in [0.29, 0.717) is 22.9 Å². The molecule has 0 atom stereocenters. The van der Waals surface area contributed by atoms with E-state index in [1.54, 1.807) is 6.07 Å². The number of aromatic carboxylic acids is 1. The number of aromatic nitrogens is 2. The lowest BCUT2D eigenvalue weighted by Gasteiger charge is -2.10. The Hall–Kier alpha value is -1.84. The standard InChI is InChI=1S/C16H20N2O2/c1-10(2)8-9-18-13-5-3-4-12(16(19)20)14(13)17-15(18)11-6-7-11/h3-5,10-11H,6-9H2,1-2H3,(H,19,20). The first kappa shape index (κ1) is 13.2. The highest BCUT2D eigenvalue weighted by molar-refractivity contribution is 6.01. The molecule has 0 spiro atoms. The van der Waals surface area contributed by atoms with Crippen molar-refractivity contribution >= 4 is 17.0 Å². The van der Waals surface area contributed by atoms with E-state index in [0.717, 1.165) is 24.3 Å². The van der Waals surface area contributed by atoms with Crippen LogP contribution >= 0.6 is 0 Å². The van der Waals surface area contributed by atoms with Crippen molar-refractivity contribution < 1.29 is 9.90 Å². The van der Waals surface area contributed by atoms with Crippen molar-refractivity contribution in [1.29, 1.82) is 0 Å². The third-order valence-corrected chi connectivity index (χ3v) is 3.91. The van der Waals surface area contributed by atoms with Crippen molar-refractivity contribution in [3.8, 4) is 0 Å². The lowest BCUT2D eigenvalue weighted by atomic mass is 10.1. The van der Waals surface area contributed by atoms with Crippen LogP contribution in [0, 0.1) is 5.92 Å². The molecule has 1 fully saturated rings. The second-order valence-corrected chi connectivity index (χ2v) is 6.06. The number of carboxylic acid groups (broad SMARTS) is 1. The maximum Gasteiger partial charge on any atom is 0.337 e. The topological polar surface area (TPSA) is 55.1 Å². The van der Waals surface area contributed by atoms with Gasteiger partial charge in [0, 0.05) is 12.5 Å². The molecule has 4 heteroatoms. The van der Waals surface area contributed by atoms with Crippen LogP contribution in [0.25, 0.3) is 11.0 Å². The molecule has 0 bridgehead atoms. The number of aryl methyl sites for hydroxylation is 1. The molecule has 1 aliphatic rings. The van der Waals surface area contributed by atoms with E-state index in [4.69, 9.17) is 0 Å². The van der Waals surface area contributed by atoms with Crippen molar-refractivity contribution in [2.75, 3.05) is 0 Å². The van der Waals surface area contributed by atoms with E-state index in [1.807, 2.05) is 12.1 Å². The summed E-state index contributed by atoms with van der Waals surface area (Å²) in [5.74, 6) is 1.33. The molecule has 1 saturated carbocycles. The van der Waals surface area contributed by atoms with Crippen molar-refractivity contribution in [1.82, 2.24) is 9.55 Å². The van der Waals surface area contributed by atoms with Gasteiger partial charge in [0.05, 0.1) is 11.1 Å². The van der Waals surface area contributed by atoms with Crippen molar-refractivity contribution in [3.63, 3.8) is 0 Å². The van der Waals surface area contributed by atoms with Crippen molar-refractivity contribution in [3.05, 3.63) is 29.6 Å². The van der Waals surface area contributed by atoms with E-state index in [9.17, 15) is 9.90 Å². The Morgan fingerprint density at radius 3 is 2.80 bits per heavy atom. The predicted octanol–water partition coefficient (Wildman–Crippen LogP) is 3.66. The van der Waals surface area contributed by atoms with E-state index < -0.39 is 5.97 Å². The number of fused-ring (bicyclic) bond motifs is 1. The number of nitrogens with zero attached hydrogens (tertiary/aromatic N) is 2. The molecule has 0 saturated heterocycles. The van der Waals surface area contributed by atoms with Gasteiger partial charge in [-0.3, -0.25) is 0 Å². The van der Waals surface area contributed by atoms with Gasteiger partial charge in [0.1, 0.15) is 11.3 Å². The average molecular weight is 272 g/mol. The van der Waals surface area contributed by atoms with Gasteiger partial charge in [0.15, 0.2) is 0 Å². The zero-order valence-corrected chi connectivity index (χ0v) is 12.0. The zero-order valence-electron chi connectivity index (χ0n) is 12.0. The van der Waals surface area contributed by atoms with Crippen molar-refractivity contribution in [2.45, 2.75) is 45.6 Å². The smallest absolute Gasteiger partial charge is 0.337 e. The van der Waals surface area contributed by atoms with E-state index in [-0.39, 0.29) is 0 Å². The number of para-hydroxylation sites is 1. The Morgan fingerprint density at radius 2 is 2.20 bits per heavy atom. The Morgan fingerprint density at radius 1 is 1.45 bits per heavy atom. The molecule has 2 aromatic rings. The highest BCUT2D eigenvalue weighted by atomic mass is 16.4. The van der Waals surface area contributed by atoms with Gasteiger partial charge in [-0.15, -0.1) is 0 Å². The minimum atomic E-state index is -0.897. The molecular weight excluding hydrogens is 252 g/mol. The van der Waals surface area contributed by atoms with Crippen LogP contribution in [0.3, 0.4) is 0 Å². The van der Waals surface area contributed by atoms with Crippen LogP contribution in [0.1, 0.15) is 55.2 Å². The molecule has 0 aliphatic heterocycles. The number of carboxylic acids is 1. The summed E-state index contributed by atoms with van der Waals surface area (Å²) in [6.45, 7) is 5.33. The second-order valence-electron chi connectivity index (χ2n) is 6.06. The first-order chi connectivity index (χ1) is 9.58. The minimum absolute atomic E-state index is 0.313. The van der Waals surface area contributed by atoms with Gasteiger partial charge in [-0.2, -0.15) is 0 Å². The van der Waals surface area contributed by atoms with E-state index in [1.165, 1.54) is 12.8 Å². The van der Waals surface area contributed by atoms with Crippen LogP contribution in [0.5, 0.6) is 0 Å². The van der Waals surface area contributed by atoms with E-state index >= 15 is 0 Å². The number of hydrogen-bond donors (Lipinski definition) is 1. The van der Waals surface area contributed by atoms with Gasteiger partial charge in [0.25, 0.3) is 0 Å². The Bertz CT molecular complexity index is 654. The van der Waals surface area contributed by atoms with Crippen LogP contribution in [0.4, 0.5) is 0 Å². The van der Waals surface area contributed by atoms with Gasteiger partial charge in [0.2, 0.25) is 0 Å². The predicted molar refractivity (Wildman–Crippen MR) is 78.1 cm³/mol. The molecule has 0 unspecified atom stereocenters. The molecular formula is C16H20N2O2. The molecule has 20 heavy (non-hydrogen) atoms. The highest BCUT2D eigenvalue weighted by Gasteiger charge is 2.30. The number of hydrogen-bond acceptors (Lipinski definition) is 2. The van der Waals surface area contributed by atoms with Gasteiger partial charge >= 0.3 is 5.97 Å². The number of imidazole rings is 1. The summed E-state index contributed by atoms with van der Waals surface area (Å²) < 4.78 is 2.24. The summed E-state index contributed by atoms with van der Waals surface area (Å²) in [5, 5.41) is 9.31. The van der Waals surface area contributed by atoms with Gasteiger partial charge in [-0.05, 0) is 37.3 Å². The normalized spacial score (nSPS) is 15.2. The third kappa shape index (κ3) is 2.30. The molecule has 1 heterocycles. The molecule has 1 N–H and O–H groups in total. The summed E-state index contributed by atoms with van der Waals surface area (Å²) in [5.41, 5.74) is 1.92. The molecule has 1 aliphatic carbocycles. The molecule has 4 nitrogen and oxygen atoms in total. The third-order valence-electron chi connectivity index (χ3n) is 3.91. The van der Waals surface area contributed by atoms with Crippen molar-refractivity contribution in [2.24, 2.45) is 5.92 Å². The summed E-state index contributed by atoms with van der Waals surface area (Å²) in [4.78, 5) is 16.0. The van der Waals surface area contributed by atoms with Crippen LogP contribution in [0.2, 0.25) is 0 Å². The van der Waals surface area contributed by atoms with Gasteiger partial charge in [-0.1, -0.05) is 19.9 Å². The molecule has 0 amide bonds. The summed E-state index contributed by atoms with van der Waals surface area (Å²) in [6.07, 6.45) is 3.43. The Kier molecular flexibility index (Phi) is 3.24. The van der Waals surface area contributed by atoms with Gasteiger partial charge < -0.3 is 9.67 Å². The molecule has 3 rings (SSSR count). The maximum absolute atomic E-state index is 11.3. The zero-order chi connectivity index (χ0) is 14.3. The molecule has 106 valence electrons. The summed E-state index contributed by atoms with van der Waals surface area (Å²) >= 11 is 0. The quantitative estimate of drug-likeness (QED) is 0.903. The SMILES string of the molecule is CC(C)CCn1c(C2CC2)nc2c(C(=O)O)cccc21. The first-order valence-corrected chi connectivity index (χ1v) is 7.30. The second kappa shape index (κ2) is 4.93. The Labute approximate surface area is 118 Å². The van der Waals surface area contributed by atoms with E-state index in [2.05, 4.69) is 23.4 Å². The Balaban J connectivity index is 2.12. The van der Waals surface area contributed by atoms with Crippen LogP contribution in [-0.4, -0.2) is 20.6 Å². The molecule has 1 aromatic carbocycles. The number of benzene rings is 1. The van der Waals surface area contributed by atoms with Crippen LogP contribution in [-0.2, 0) is 6.54 Å². The first-order valence-electron chi connectivity index (χ1n) is 7.30. The fourth-order valence-electron chi connectivity index (χ4n) is 2.61. The fraction of sp³-hybridized carbons (Fsp3) is 0.500. The minimum Gasteiger partial charge on any atom is -0.478 e. The number of carbonyl (C=O) groups is 1. The fourth-order valence-corrected chi connectivity index (χ4v) is 2.61. The lowest BCUT2D eigenvalue weighted by Crippen LogP contribution is -2.05. The summed E-state index contributed by atoms with van der Waals surface area (Å²) in [6, 6.07) is 5.44. The average Bonchev–Trinajstić information content (AvgIpc) is 3.17. The van der Waals surface area contributed by atoms with Crippen LogP contribution in [0.15, 0.2) is 18.2 Å². The largest absolute Gasteiger partial charge is 0.478 e. The molecule has 0 radical (unpaired) electrons. The maximum atomic E-state index is 11.3. The van der Waals surface area contributed by atoms with Crippen LogP contribution < -0.4 is 0 Å².